The van der Waals surface area contributed by atoms with Crippen molar-refractivity contribution < 1.29 is 19.2 Å². The van der Waals surface area contributed by atoms with Crippen LogP contribution in [0.1, 0.15) is 61.7 Å². The van der Waals surface area contributed by atoms with Crippen LogP contribution in [0, 0.1) is 5.92 Å². The second-order valence-corrected chi connectivity index (χ2v) is 10.0. The zero-order valence-electron chi connectivity index (χ0n) is 20.1. The minimum Gasteiger partial charge on any atom is -0.277 e. The maximum Gasteiger partial charge on any atom is 0.261 e. The van der Waals surface area contributed by atoms with Crippen LogP contribution in [0.4, 0.5) is 0 Å². The van der Waals surface area contributed by atoms with Gasteiger partial charge in [-0.1, -0.05) is 44.5 Å². The predicted octanol–water partition coefficient (Wildman–Crippen LogP) is 5.61. The highest BCUT2D eigenvalue weighted by molar-refractivity contribution is 6.41. The molecule has 0 radical (unpaired) electrons. The van der Waals surface area contributed by atoms with E-state index in [1.807, 2.05) is 43.3 Å². The van der Waals surface area contributed by atoms with Gasteiger partial charge in [0.1, 0.15) is 0 Å². The van der Waals surface area contributed by atoms with E-state index >= 15 is 0 Å². The van der Waals surface area contributed by atoms with Crippen molar-refractivity contribution in [3.63, 3.8) is 0 Å². The number of amides is 4. The van der Waals surface area contributed by atoms with Gasteiger partial charge in [-0.05, 0) is 62.5 Å². The number of carbonyl (C=O) groups is 4. The van der Waals surface area contributed by atoms with Crippen molar-refractivity contribution in [1.82, 2.24) is 9.80 Å². The SMILES string of the molecule is CCC(C)CN1C(=O)c2ccc3c4ccc5c6c(ccc(c7ccc(c2c37)C1=O)c64)C(=O)N(C)C5=O. The summed E-state index contributed by atoms with van der Waals surface area (Å²) in [6, 6.07) is 14.9. The third-order valence-corrected chi connectivity index (χ3v) is 8.11. The molecule has 6 heteroatoms. The fraction of sp³-hybridized carbons (Fsp3) is 0.200. The van der Waals surface area contributed by atoms with Crippen LogP contribution in [0.2, 0.25) is 0 Å². The molecule has 0 aromatic heterocycles. The monoisotopic (exact) mass is 474 g/mol. The molecule has 0 saturated heterocycles. The van der Waals surface area contributed by atoms with Gasteiger partial charge in [0.2, 0.25) is 0 Å². The Kier molecular flexibility index (Phi) is 4.01. The van der Waals surface area contributed by atoms with Gasteiger partial charge in [-0.2, -0.15) is 0 Å². The minimum atomic E-state index is -0.315. The topological polar surface area (TPSA) is 74.8 Å². The molecule has 0 fully saturated rings. The molecule has 36 heavy (non-hydrogen) atoms. The molecule has 2 heterocycles. The molecule has 0 bridgehead atoms. The Morgan fingerprint density at radius 3 is 1.31 bits per heavy atom. The van der Waals surface area contributed by atoms with Crippen LogP contribution in [-0.4, -0.2) is 47.0 Å². The van der Waals surface area contributed by atoms with Gasteiger partial charge in [0.25, 0.3) is 23.6 Å². The van der Waals surface area contributed by atoms with Crippen molar-refractivity contribution >= 4 is 66.7 Å². The lowest BCUT2D eigenvalue weighted by atomic mass is 9.82. The van der Waals surface area contributed by atoms with Crippen LogP contribution >= 0.6 is 0 Å². The molecule has 0 N–H and O–H groups in total. The number of hydrogen-bond acceptors (Lipinski definition) is 4. The number of hydrogen-bond donors (Lipinski definition) is 0. The van der Waals surface area contributed by atoms with Gasteiger partial charge in [0.05, 0.1) is 0 Å². The predicted molar refractivity (Wildman–Crippen MR) is 139 cm³/mol. The molecule has 0 spiro atoms. The highest BCUT2D eigenvalue weighted by Gasteiger charge is 2.36. The summed E-state index contributed by atoms with van der Waals surface area (Å²) in [5, 5.41) is 6.68. The fourth-order valence-corrected chi connectivity index (χ4v) is 6.04. The van der Waals surface area contributed by atoms with Crippen molar-refractivity contribution in [3.8, 4) is 0 Å². The van der Waals surface area contributed by atoms with E-state index in [9.17, 15) is 19.2 Å². The molecule has 4 amide bonds. The van der Waals surface area contributed by atoms with Gasteiger partial charge in [-0.15, -0.1) is 0 Å². The number of fused-ring (bicyclic) bond motifs is 2. The highest BCUT2D eigenvalue weighted by atomic mass is 16.2. The normalized spacial score (nSPS) is 16.4. The maximum atomic E-state index is 13.5. The summed E-state index contributed by atoms with van der Waals surface area (Å²) in [6.45, 7) is 4.48. The molecule has 2 aliphatic rings. The molecule has 0 saturated carbocycles. The summed E-state index contributed by atoms with van der Waals surface area (Å²) in [6.07, 6.45) is 0.878. The van der Waals surface area contributed by atoms with Crippen LogP contribution in [0.3, 0.4) is 0 Å². The Hall–Kier alpha value is -4.32. The molecular formula is C30H22N2O4. The molecule has 7 rings (SSSR count). The van der Waals surface area contributed by atoms with Gasteiger partial charge in [0.15, 0.2) is 0 Å². The second-order valence-electron chi connectivity index (χ2n) is 10.0. The van der Waals surface area contributed by atoms with Crippen LogP contribution < -0.4 is 0 Å². The maximum absolute atomic E-state index is 13.5. The third kappa shape index (κ3) is 2.36. The molecule has 0 aliphatic carbocycles. The molecule has 6 nitrogen and oxygen atoms in total. The first-order chi connectivity index (χ1) is 17.3. The summed E-state index contributed by atoms with van der Waals surface area (Å²) < 4.78 is 0. The van der Waals surface area contributed by atoms with E-state index in [0.29, 0.717) is 39.6 Å². The summed E-state index contributed by atoms with van der Waals surface area (Å²) in [5.41, 5.74) is 2.09. The molecule has 176 valence electrons. The number of rotatable bonds is 3. The van der Waals surface area contributed by atoms with Crippen molar-refractivity contribution in [3.05, 3.63) is 70.8 Å². The van der Waals surface area contributed by atoms with Crippen molar-refractivity contribution in [2.45, 2.75) is 20.3 Å². The van der Waals surface area contributed by atoms with E-state index in [4.69, 9.17) is 0 Å². The number of benzene rings is 5. The highest BCUT2D eigenvalue weighted by Crippen LogP contribution is 2.46. The second kappa shape index (κ2) is 6.88. The van der Waals surface area contributed by atoms with Crippen molar-refractivity contribution in [1.29, 1.82) is 0 Å². The first kappa shape index (κ1) is 21.0. The van der Waals surface area contributed by atoms with E-state index in [-0.39, 0.29) is 29.5 Å². The average Bonchev–Trinajstić information content (AvgIpc) is 2.90. The standard InChI is InChI=1S/C30H22N2O4/c1-4-14(2)13-32-29(35)21-11-7-17-15-5-9-19-25-20(28(34)31(3)27(19)33)10-6-16(23(15)25)18-8-12-22(30(32)36)26(21)24(17)18/h5-12,14H,4,13H2,1-3H3. The Bertz CT molecular complexity index is 1750. The van der Waals surface area contributed by atoms with E-state index < -0.39 is 0 Å². The number of carbonyl (C=O) groups excluding carboxylic acids is 4. The molecular weight excluding hydrogens is 452 g/mol. The van der Waals surface area contributed by atoms with Gasteiger partial charge in [-0.3, -0.25) is 29.0 Å². The number of imide groups is 2. The third-order valence-electron chi connectivity index (χ3n) is 8.11. The summed E-state index contributed by atoms with van der Waals surface area (Å²) in [4.78, 5) is 55.4. The zero-order valence-corrected chi connectivity index (χ0v) is 20.1. The van der Waals surface area contributed by atoms with E-state index in [0.717, 1.165) is 43.6 Å². The van der Waals surface area contributed by atoms with Gasteiger partial charge >= 0.3 is 0 Å². The van der Waals surface area contributed by atoms with Gasteiger partial charge in [-0.25, -0.2) is 0 Å². The molecule has 5 aromatic carbocycles. The quantitative estimate of drug-likeness (QED) is 0.194. The summed E-state index contributed by atoms with van der Waals surface area (Å²) in [7, 11) is 1.50. The van der Waals surface area contributed by atoms with Crippen LogP contribution in [0.15, 0.2) is 48.5 Å². The van der Waals surface area contributed by atoms with Crippen LogP contribution in [0.5, 0.6) is 0 Å². The Labute approximate surface area is 206 Å². The van der Waals surface area contributed by atoms with Crippen LogP contribution in [-0.2, 0) is 0 Å². The van der Waals surface area contributed by atoms with Gasteiger partial charge < -0.3 is 0 Å². The lowest BCUT2D eigenvalue weighted by molar-refractivity contribution is 0.0584. The Morgan fingerprint density at radius 2 is 0.944 bits per heavy atom. The first-order valence-electron chi connectivity index (χ1n) is 12.2. The summed E-state index contributed by atoms with van der Waals surface area (Å²) >= 11 is 0. The lowest BCUT2D eigenvalue weighted by Gasteiger charge is -2.30. The van der Waals surface area contributed by atoms with E-state index in [2.05, 4.69) is 6.92 Å². The van der Waals surface area contributed by atoms with Crippen LogP contribution in [0.25, 0.3) is 43.1 Å². The molecule has 1 atom stereocenters. The fourth-order valence-electron chi connectivity index (χ4n) is 6.04. The van der Waals surface area contributed by atoms with Gasteiger partial charge in [0, 0.05) is 46.6 Å². The Balaban J connectivity index is 1.61. The minimum absolute atomic E-state index is 0.211. The molecule has 2 aliphatic heterocycles. The van der Waals surface area contributed by atoms with Crippen molar-refractivity contribution in [2.75, 3.05) is 13.6 Å². The molecule has 1 unspecified atom stereocenters. The molecule has 5 aromatic rings. The Morgan fingerprint density at radius 1 is 0.583 bits per heavy atom. The van der Waals surface area contributed by atoms with E-state index in [1.165, 1.54) is 11.9 Å². The van der Waals surface area contributed by atoms with E-state index in [1.54, 1.807) is 12.1 Å². The largest absolute Gasteiger partial charge is 0.277 e. The van der Waals surface area contributed by atoms with Crippen molar-refractivity contribution in [2.24, 2.45) is 5.92 Å². The zero-order chi connectivity index (χ0) is 25.0. The first-order valence-corrected chi connectivity index (χ1v) is 12.2. The lowest BCUT2D eigenvalue weighted by Crippen LogP contribution is -2.42. The average molecular weight is 475 g/mol. The smallest absolute Gasteiger partial charge is 0.261 e. The number of nitrogens with zero attached hydrogens (tertiary/aromatic N) is 2. The summed E-state index contributed by atoms with van der Waals surface area (Å²) in [5.74, 6) is -0.934.